The summed E-state index contributed by atoms with van der Waals surface area (Å²) in [7, 11) is 0. The van der Waals surface area contributed by atoms with Crippen LogP contribution in [0.5, 0.6) is 0 Å². The first-order valence-electron chi connectivity index (χ1n) is 9.66. The Bertz CT molecular complexity index is 1130. The molecule has 1 aliphatic heterocycles. The first kappa shape index (κ1) is 22.8. The third-order valence-electron chi connectivity index (χ3n) is 5.24. The average Bonchev–Trinajstić information content (AvgIpc) is 3.19. The Labute approximate surface area is 190 Å². The number of piperazine rings is 1. The summed E-state index contributed by atoms with van der Waals surface area (Å²) in [5, 5.41) is 5.03. The van der Waals surface area contributed by atoms with E-state index in [1.807, 2.05) is 0 Å². The number of aromatic nitrogens is 3. The van der Waals surface area contributed by atoms with Gasteiger partial charge in [-0.1, -0.05) is 29.3 Å². The molecule has 1 saturated heterocycles. The summed E-state index contributed by atoms with van der Waals surface area (Å²) in [6.07, 6.45) is -6.08. The molecule has 1 aliphatic rings. The van der Waals surface area contributed by atoms with Crippen molar-refractivity contribution < 1.29 is 22.4 Å². The Balaban J connectivity index is 1.49. The van der Waals surface area contributed by atoms with Crippen molar-refractivity contribution in [3.63, 3.8) is 0 Å². The number of amides is 1. The van der Waals surface area contributed by atoms with Crippen LogP contribution in [0.3, 0.4) is 0 Å². The van der Waals surface area contributed by atoms with E-state index < -0.39 is 30.1 Å². The van der Waals surface area contributed by atoms with Crippen molar-refractivity contribution in [3.05, 3.63) is 63.0 Å². The summed E-state index contributed by atoms with van der Waals surface area (Å²) in [4.78, 5) is 20.1. The fourth-order valence-electron chi connectivity index (χ4n) is 3.57. The van der Waals surface area contributed by atoms with Crippen LogP contribution in [0.25, 0.3) is 5.65 Å². The molecule has 3 heterocycles. The van der Waals surface area contributed by atoms with E-state index in [1.54, 1.807) is 18.2 Å². The molecule has 0 unspecified atom stereocenters. The topological polar surface area (TPSA) is 53.7 Å². The van der Waals surface area contributed by atoms with Crippen LogP contribution in [-0.2, 0) is 6.54 Å². The number of nitrogens with zero attached hydrogens (tertiary/aromatic N) is 5. The third-order valence-corrected chi connectivity index (χ3v) is 5.95. The molecule has 0 N–H and O–H groups in total. The summed E-state index contributed by atoms with van der Waals surface area (Å²) >= 11 is 12.4. The van der Waals surface area contributed by atoms with Gasteiger partial charge in [0.25, 0.3) is 18.8 Å². The Morgan fingerprint density at radius 3 is 2.25 bits per heavy atom. The van der Waals surface area contributed by atoms with E-state index in [-0.39, 0.29) is 11.3 Å². The van der Waals surface area contributed by atoms with Crippen LogP contribution in [0, 0.1) is 0 Å². The van der Waals surface area contributed by atoms with Crippen molar-refractivity contribution >= 4 is 34.8 Å². The van der Waals surface area contributed by atoms with Gasteiger partial charge in [0, 0.05) is 54.4 Å². The maximum atomic E-state index is 13.3. The minimum absolute atomic E-state index is 0.131. The predicted molar refractivity (Wildman–Crippen MR) is 111 cm³/mol. The van der Waals surface area contributed by atoms with Crippen LogP contribution in [0.2, 0.25) is 10.0 Å². The van der Waals surface area contributed by atoms with Gasteiger partial charge in [-0.3, -0.25) is 9.69 Å². The molecule has 170 valence electrons. The molecular formula is C20H17Cl2F4N5O. The summed E-state index contributed by atoms with van der Waals surface area (Å²) in [5.74, 6) is -0.482. The molecule has 0 radical (unpaired) electrons. The second-order valence-electron chi connectivity index (χ2n) is 7.28. The zero-order valence-corrected chi connectivity index (χ0v) is 18.0. The molecule has 1 fully saturated rings. The van der Waals surface area contributed by atoms with Gasteiger partial charge in [0.15, 0.2) is 11.3 Å². The van der Waals surface area contributed by atoms with E-state index in [1.165, 1.54) is 4.90 Å². The van der Waals surface area contributed by atoms with Crippen molar-refractivity contribution in [3.8, 4) is 0 Å². The van der Waals surface area contributed by atoms with Crippen LogP contribution in [0.15, 0.2) is 30.3 Å². The number of fused-ring (bicyclic) bond motifs is 1. The average molecular weight is 490 g/mol. The van der Waals surface area contributed by atoms with Gasteiger partial charge < -0.3 is 4.90 Å². The lowest BCUT2D eigenvalue weighted by molar-refractivity contribution is 0.0621. The minimum atomic E-state index is -3.05. The van der Waals surface area contributed by atoms with E-state index in [0.29, 0.717) is 48.8 Å². The van der Waals surface area contributed by atoms with Crippen molar-refractivity contribution in [2.75, 3.05) is 26.2 Å². The van der Waals surface area contributed by atoms with Gasteiger partial charge in [-0.15, -0.1) is 0 Å². The maximum absolute atomic E-state index is 13.3. The molecular weight excluding hydrogens is 473 g/mol. The minimum Gasteiger partial charge on any atom is -0.335 e. The predicted octanol–water partition coefficient (Wildman–Crippen LogP) is 4.87. The van der Waals surface area contributed by atoms with Crippen LogP contribution in [0.1, 0.15) is 40.3 Å². The number of carbonyl (C=O) groups excluding carboxylic acids is 1. The lowest BCUT2D eigenvalue weighted by atomic mass is 10.2. The number of hydrogen-bond acceptors (Lipinski definition) is 4. The molecule has 4 rings (SSSR count). The first-order valence-corrected chi connectivity index (χ1v) is 10.4. The van der Waals surface area contributed by atoms with E-state index >= 15 is 0 Å². The summed E-state index contributed by atoms with van der Waals surface area (Å²) in [6, 6.07) is 7.02. The fourth-order valence-corrected chi connectivity index (χ4v) is 4.08. The molecule has 12 heteroatoms. The zero-order valence-electron chi connectivity index (χ0n) is 16.5. The molecule has 0 spiro atoms. The largest absolute Gasteiger partial charge is 0.335 e. The molecule has 1 aromatic carbocycles. The molecule has 32 heavy (non-hydrogen) atoms. The van der Waals surface area contributed by atoms with Crippen molar-refractivity contribution in [2.24, 2.45) is 0 Å². The number of halogens is 6. The van der Waals surface area contributed by atoms with Crippen LogP contribution >= 0.6 is 23.2 Å². The fraction of sp³-hybridized carbons (Fsp3) is 0.350. The highest BCUT2D eigenvalue weighted by Gasteiger charge is 2.27. The van der Waals surface area contributed by atoms with Gasteiger partial charge in [0.05, 0.1) is 0 Å². The standard InChI is InChI=1S/C20H17Cl2F4N5O/c21-12-2-1-3-13(22)11(12)10-29-4-6-30(7-5-29)20(32)15-9-17-27-14(18(23)24)8-16(19(25)26)31(17)28-15/h1-3,8-9,18-19H,4-7,10H2. The molecule has 1 amide bonds. The highest BCUT2D eigenvalue weighted by Crippen LogP contribution is 2.27. The Kier molecular flexibility index (Phi) is 6.55. The van der Waals surface area contributed by atoms with Crippen molar-refractivity contribution in [1.82, 2.24) is 24.4 Å². The zero-order chi connectivity index (χ0) is 23.0. The molecule has 2 aromatic heterocycles. The van der Waals surface area contributed by atoms with Gasteiger partial charge in [-0.05, 0) is 18.2 Å². The molecule has 0 atom stereocenters. The van der Waals surface area contributed by atoms with Gasteiger partial charge in [0.2, 0.25) is 0 Å². The van der Waals surface area contributed by atoms with E-state index in [0.717, 1.165) is 16.1 Å². The van der Waals surface area contributed by atoms with E-state index in [9.17, 15) is 22.4 Å². The van der Waals surface area contributed by atoms with Gasteiger partial charge in [0.1, 0.15) is 11.4 Å². The quantitative estimate of drug-likeness (QED) is 0.479. The van der Waals surface area contributed by atoms with Crippen LogP contribution in [-0.4, -0.2) is 56.5 Å². The summed E-state index contributed by atoms with van der Waals surface area (Å²) < 4.78 is 53.4. The van der Waals surface area contributed by atoms with Crippen LogP contribution in [0.4, 0.5) is 17.6 Å². The van der Waals surface area contributed by atoms with Gasteiger partial charge in [-0.25, -0.2) is 27.1 Å². The van der Waals surface area contributed by atoms with Gasteiger partial charge >= 0.3 is 0 Å². The molecule has 0 bridgehead atoms. The Hall–Kier alpha value is -2.43. The summed E-state index contributed by atoms with van der Waals surface area (Å²) in [6.45, 7) is 2.33. The van der Waals surface area contributed by atoms with Crippen molar-refractivity contribution in [2.45, 2.75) is 19.4 Å². The molecule has 6 nitrogen and oxygen atoms in total. The number of rotatable bonds is 5. The highest BCUT2D eigenvalue weighted by atomic mass is 35.5. The van der Waals surface area contributed by atoms with Crippen LogP contribution < -0.4 is 0 Å². The Morgan fingerprint density at radius 1 is 1.00 bits per heavy atom. The second kappa shape index (κ2) is 9.21. The van der Waals surface area contributed by atoms with E-state index in [4.69, 9.17) is 23.2 Å². The SMILES string of the molecule is O=C(c1cc2nc(C(F)F)cc(C(F)F)n2n1)N1CCN(Cc2c(Cl)cccc2Cl)CC1. The number of benzene rings is 1. The molecule has 3 aromatic rings. The number of hydrogen-bond donors (Lipinski definition) is 0. The lowest BCUT2D eigenvalue weighted by Gasteiger charge is -2.34. The maximum Gasteiger partial charge on any atom is 0.280 e. The summed E-state index contributed by atoms with van der Waals surface area (Å²) in [5.41, 5.74) is -1.09. The van der Waals surface area contributed by atoms with E-state index in [2.05, 4.69) is 15.0 Å². The number of alkyl halides is 4. The first-order chi connectivity index (χ1) is 15.2. The Morgan fingerprint density at radius 2 is 1.66 bits per heavy atom. The second-order valence-corrected chi connectivity index (χ2v) is 8.09. The molecule has 0 aliphatic carbocycles. The monoisotopic (exact) mass is 489 g/mol. The highest BCUT2D eigenvalue weighted by molar-refractivity contribution is 6.35. The smallest absolute Gasteiger partial charge is 0.280 e. The lowest BCUT2D eigenvalue weighted by Crippen LogP contribution is -2.48. The van der Waals surface area contributed by atoms with Crippen molar-refractivity contribution in [1.29, 1.82) is 0 Å². The number of carbonyl (C=O) groups is 1. The third kappa shape index (κ3) is 4.53. The normalized spacial score (nSPS) is 15.3. The van der Waals surface area contributed by atoms with Gasteiger partial charge in [-0.2, -0.15) is 5.10 Å². The molecule has 0 saturated carbocycles.